The van der Waals surface area contributed by atoms with E-state index >= 15 is 0 Å². The molecular weight excluding hydrogens is 224 g/mol. The van der Waals surface area contributed by atoms with Gasteiger partial charge in [0.05, 0.1) is 0 Å². The van der Waals surface area contributed by atoms with Gasteiger partial charge in [-0.1, -0.05) is 26.2 Å². The first-order valence-corrected chi connectivity index (χ1v) is 7.85. The molecule has 106 valence electrons. The van der Waals surface area contributed by atoms with Crippen molar-refractivity contribution in [2.45, 2.75) is 57.9 Å². The molecule has 2 N–H and O–H groups in total. The first-order valence-electron chi connectivity index (χ1n) is 7.85. The van der Waals surface area contributed by atoms with Crippen LogP contribution in [0.3, 0.4) is 0 Å². The molecule has 1 saturated heterocycles. The van der Waals surface area contributed by atoms with Crippen molar-refractivity contribution in [1.29, 1.82) is 0 Å². The molecule has 0 aromatic rings. The highest BCUT2D eigenvalue weighted by atomic mass is 16.3. The van der Waals surface area contributed by atoms with Crippen LogP contribution in [0.4, 0.5) is 0 Å². The zero-order valence-corrected chi connectivity index (χ0v) is 12.0. The maximum atomic E-state index is 9.68. The Morgan fingerprint density at radius 2 is 2.00 bits per heavy atom. The zero-order chi connectivity index (χ0) is 12.8. The number of aliphatic hydroxyl groups is 1. The second-order valence-corrected chi connectivity index (χ2v) is 6.27. The van der Waals surface area contributed by atoms with Crippen LogP contribution in [0.5, 0.6) is 0 Å². The summed E-state index contributed by atoms with van der Waals surface area (Å²) in [5, 5.41) is 13.3. The summed E-state index contributed by atoms with van der Waals surface area (Å²) < 4.78 is 0. The first-order chi connectivity index (χ1) is 8.79. The van der Waals surface area contributed by atoms with Crippen molar-refractivity contribution in [1.82, 2.24) is 10.2 Å². The summed E-state index contributed by atoms with van der Waals surface area (Å²) in [6, 6.07) is 0.731. The zero-order valence-electron chi connectivity index (χ0n) is 12.0. The third kappa shape index (κ3) is 3.46. The smallest absolute Gasteiger partial charge is 0.0499 e. The fourth-order valence-electron chi connectivity index (χ4n) is 3.74. The van der Waals surface area contributed by atoms with E-state index in [0.717, 1.165) is 19.1 Å². The fourth-order valence-corrected chi connectivity index (χ4v) is 3.74. The molecule has 3 nitrogen and oxygen atoms in total. The number of nitrogens with zero attached hydrogens (tertiary/aromatic N) is 1. The van der Waals surface area contributed by atoms with Gasteiger partial charge in [-0.15, -0.1) is 0 Å². The number of rotatable bonds is 6. The first kappa shape index (κ1) is 14.3. The van der Waals surface area contributed by atoms with E-state index in [1.165, 1.54) is 58.0 Å². The Hall–Kier alpha value is -0.120. The highest BCUT2D eigenvalue weighted by Crippen LogP contribution is 2.35. The summed E-state index contributed by atoms with van der Waals surface area (Å²) in [5.74, 6) is 0. The molecule has 1 aliphatic carbocycles. The molecule has 0 radical (unpaired) electrons. The number of nitrogens with one attached hydrogen (secondary N) is 1. The highest BCUT2D eigenvalue weighted by molar-refractivity contribution is 4.86. The van der Waals surface area contributed by atoms with Gasteiger partial charge in [-0.25, -0.2) is 0 Å². The van der Waals surface area contributed by atoms with Crippen molar-refractivity contribution in [3.63, 3.8) is 0 Å². The Kier molecular flexibility index (Phi) is 5.46. The quantitative estimate of drug-likeness (QED) is 0.761. The van der Waals surface area contributed by atoms with E-state index in [-0.39, 0.29) is 5.41 Å². The largest absolute Gasteiger partial charge is 0.396 e. The molecule has 0 aromatic carbocycles. The molecule has 1 saturated carbocycles. The monoisotopic (exact) mass is 254 g/mol. The summed E-state index contributed by atoms with van der Waals surface area (Å²) in [6.45, 7) is 7.19. The predicted molar refractivity (Wildman–Crippen MR) is 75.7 cm³/mol. The summed E-state index contributed by atoms with van der Waals surface area (Å²) in [6.07, 6.45) is 9.06. The predicted octanol–water partition coefficient (Wildman–Crippen LogP) is 2.00. The molecule has 0 amide bonds. The molecule has 1 aliphatic heterocycles. The van der Waals surface area contributed by atoms with Crippen molar-refractivity contribution in [3.05, 3.63) is 0 Å². The van der Waals surface area contributed by atoms with E-state index < -0.39 is 0 Å². The number of likely N-dealkylation sites (tertiary alicyclic amines) is 1. The molecule has 0 aromatic heterocycles. The van der Waals surface area contributed by atoms with Crippen LogP contribution in [-0.4, -0.2) is 48.8 Å². The van der Waals surface area contributed by atoms with E-state index in [1.54, 1.807) is 0 Å². The summed E-state index contributed by atoms with van der Waals surface area (Å²) in [5.41, 5.74) is 0.188. The SMILES string of the molecule is CCN1CCCC1CNCC1(CO)CCCCC1. The molecule has 0 spiro atoms. The van der Waals surface area contributed by atoms with Gasteiger partial charge in [-0.2, -0.15) is 0 Å². The Morgan fingerprint density at radius 3 is 2.67 bits per heavy atom. The molecule has 1 atom stereocenters. The van der Waals surface area contributed by atoms with Gasteiger partial charge in [0.1, 0.15) is 0 Å². The lowest BCUT2D eigenvalue weighted by Crippen LogP contribution is -2.44. The van der Waals surface area contributed by atoms with Crippen LogP contribution in [0, 0.1) is 5.41 Å². The average Bonchev–Trinajstić information content (AvgIpc) is 2.87. The average molecular weight is 254 g/mol. The summed E-state index contributed by atoms with van der Waals surface area (Å²) >= 11 is 0. The minimum absolute atomic E-state index is 0.188. The van der Waals surface area contributed by atoms with Crippen molar-refractivity contribution in [3.8, 4) is 0 Å². The highest BCUT2D eigenvalue weighted by Gasteiger charge is 2.31. The van der Waals surface area contributed by atoms with E-state index in [2.05, 4.69) is 17.1 Å². The van der Waals surface area contributed by atoms with Gasteiger partial charge in [-0.05, 0) is 38.8 Å². The van der Waals surface area contributed by atoms with Crippen molar-refractivity contribution in [2.75, 3.05) is 32.8 Å². The van der Waals surface area contributed by atoms with E-state index in [0.29, 0.717) is 6.61 Å². The molecular formula is C15H30N2O. The van der Waals surface area contributed by atoms with Gasteiger partial charge in [0, 0.05) is 31.2 Å². The Bertz CT molecular complexity index is 239. The Balaban J connectivity index is 1.73. The van der Waals surface area contributed by atoms with Crippen molar-refractivity contribution < 1.29 is 5.11 Å². The third-order valence-corrected chi connectivity index (χ3v) is 5.03. The molecule has 3 heteroatoms. The van der Waals surface area contributed by atoms with Gasteiger partial charge in [-0.3, -0.25) is 4.90 Å². The van der Waals surface area contributed by atoms with Gasteiger partial charge in [0.15, 0.2) is 0 Å². The Morgan fingerprint density at radius 1 is 1.22 bits per heavy atom. The molecule has 2 aliphatic rings. The summed E-state index contributed by atoms with van der Waals surface area (Å²) in [4.78, 5) is 2.58. The number of aliphatic hydroxyl groups excluding tert-OH is 1. The summed E-state index contributed by atoms with van der Waals surface area (Å²) in [7, 11) is 0. The lowest BCUT2D eigenvalue weighted by molar-refractivity contribution is 0.0794. The molecule has 2 rings (SSSR count). The van der Waals surface area contributed by atoms with Gasteiger partial charge >= 0.3 is 0 Å². The second kappa shape index (κ2) is 6.88. The minimum atomic E-state index is 0.188. The Labute approximate surface area is 112 Å². The van der Waals surface area contributed by atoms with Gasteiger partial charge < -0.3 is 10.4 Å². The maximum absolute atomic E-state index is 9.68. The number of hydrogen-bond donors (Lipinski definition) is 2. The standard InChI is InChI=1S/C15H30N2O/c1-2-17-10-6-7-14(17)11-16-12-15(13-18)8-4-3-5-9-15/h14,16,18H,2-13H2,1H3. The topological polar surface area (TPSA) is 35.5 Å². The van der Waals surface area contributed by atoms with Crippen LogP contribution in [-0.2, 0) is 0 Å². The van der Waals surface area contributed by atoms with E-state index in [4.69, 9.17) is 0 Å². The van der Waals surface area contributed by atoms with Crippen LogP contribution < -0.4 is 5.32 Å². The van der Waals surface area contributed by atoms with Gasteiger partial charge in [0.25, 0.3) is 0 Å². The van der Waals surface area contributed by atoms with Crippen LogP contribution in [0.25, 0.3) is 0 Å². The molecule has 18 heavy (non-hydrogen) atoms. The van der Waals surface area contributed by atoms with Crippen LogP contribution >= 0.6 is 0 Å². The normalized spacial score (nSPS) is 28.7. The van der Waals surface area contributed by atoms with E-state index in [9.17, 15) is 5.11 Å². The van der Waals surface area contributed by atoms with Crippen LogP contribution in [0.2, 0.25) is 0 Å². The number of hydrogen-bond acceptors (Lipinski definition) is 3. The van der Waals surface area contributed by atoms with E-state index in [1.807, 2.05) is 0 Å². The second-order valence-electron chi connectivity index (χ2n) is 6.27. The fraction of sp³-hybridized carbons (Fsp3) is 1.00. The van der Waals surface area contributed by atoms with Crippen LogP contribution in [0.1, 0.15) is 51.9 Å². The molecule has 2 fully saturated rings. The van der Waals surface area contributed by atoms with Crippen molar-refractivity contribution >= 4 is 0 Å². The minimum Gasteiger partial charge on any atom is -0.396 e. The third-order valence-electron chi connectivity index (χ3n) is 5.03. The molecule has 1 heterocycles. The van der Waals surface area contributed by atoms with Crippen LogP contribution in [0.15, 0.2) is 0 Å². The lowest BCUT2D eigenvalue weighted by atomic mass is 9.74. The lowest BCUT2D eigenvalue weighted by Gasteiger charge is -2.36. The number of likely N-dealkylation sites (N-methyl/N-ethyl adjacent to an activating group) is 1. The molecule has 0 bridgehead atoms. The van der Waals surface area contributed by atoms with Gasteiger partial charge in [0.2, 0.25) is 0 Å². The van der Waals surface area contributed by atoms with Crippen molar-refractivity contribution in [2.24, 2.45) is 5.41 Å². The molecule has 1 unspecified atom stereocenters. The maximum Gasteiger partial charge on any atom is 0.0499 e.